The van der Waals surface area contributed by atoms with Crippen LogP contribution >= 0.6 is 23.1 Å². The Hall–Kier alpha value is -3.35. The minimum Gasteiger partial charge on any atom is -0.510 e. The van der Waals surface area contributed by atoms with Crippen LogP contribution in [0.15, 0.2) is 63.9 Å². The van der Waals surface area contributed by atoms with E-state index in [0.717, 1.165) is 21.5 Å². The fraction of sp³-hybridized carbons (Fsp3) is 0.182. The van der Waals surface area contributed by atoms with E-state index in [2.05, 4.69) is 21.3 Å². The summed E-state index contributed by atoms with van der Waals surface area (Å²) in [5.41, 5.74) is 1.96. The number of nitrogens with zero attached hydrogens (tertiary/aromatic N) is 4. The third-order valence-electron chi connectivity index (χ3n) is 4.50. The van der Waals surface area contributed by atoms with Gasteiger partial charge >= 0.3 is 0 Å². The molecule has 0 fully saturated rings. The Morgan fingerprint density at radius 1 is 1.23 bits per heavy atom. The molecule has 4 rings (SSSR count). The van der Waals surface area contributed by atoms with E-state index in [4.69, 9.17) is 9.15 Å². The SMILES string of the molecule is COc1ccc(Cc2nnc(SC(C)/C(O)=C(\C#N)c3nc4ccccc4s3)o2)cc1. The summed E-state index contributed by atoms with van der Waals surface area (Å²) in [7, 11) is 1.62. The maximum atomic E-state index is 10.7. The Morgan fingerprint density at radius 2 is 2.00 bits per heavy atom. The number of aliphatic hydroxyl groups is 1. The topological polar surface area (TPSA) is 105 Å². The summed E-state index contributed by atoms with van der Waals surface area (Å²) in [5, 5.41) is 28.8. The van der Waals surface area contributed by atoms with Crippen molar-refractivity contribution in [3.05, 3.63) is 70.8 Å². The van der Waals surface area contributed by atoms with Gasteiger partial charge in [-0.05, 0) is 36.8 Å². The lowest BCUT2D eigenvalue weighted by Gasteiger charge is -2.08. The summed E-state index contributed by atoms with van der Waals surface area (Å²) < 4.78 is 11.8. The minimum atomic E-state index is -0.462. The van der Waals surface area contributed by atoms with Crippen LogP contribution in [0.25, 0.3) is 15.8 Å². The van der Waals surface area contributed by atoms with Gasteiger partial charge in [-0.15, -0.1) is 21.5 Å². The first-order valence-electron chi connectivity index (χ1n) is 9.38. The number of benzene rings is 2. The Morgan fingerprint density at radius 3 is 2.71 bits per heavy atom. The molecule has 156 valence electrons. The van der Waals surface area contributed by atoms with Gasteiger partial charge in [-0.2, -0.15) is 5.26 Å². The third-order valence-corrected chi connectivity index (χ3v) is 6.50. The molecule has 0 aliphatic carbocycles. The number of para-hydroxylation sites is 1. The molecule has 4 aromatic rings. The number of thioether (sulfide) groups is 1. The van der Waals surface area contributed by atoms with Crippen LogP contribution in [0.3, 0.4) is 0 Å². The molecular weight excluding hydrogens is 432 g/mol. The van der Waals surface area contributed by atoms with Gasteiger partial charge in [-0.1, -0.05) is 36.0 Å². The summed E-state index contributed by atoms with van der Waals surface area (Å²) >= 11 is 2.56. The lowest BCUT2D eigenvalue weighted by molar-refractivity contribution is 0.396. The summed E-state index contributed by atoms with van der Waals surface area (Å²) in [5.74, 6) is 1.18. The highest BCUT2D eigenvalue weighted by atomic mass is 32.2. The molecule has 2 heterocycles. The molecule has 0 aliphatic heterocycles. The van der Waals surface area contributed by atoms with Gasteiger partial charge in [-0.3, -0.25) is 0 Å². The number of hydrogen-bond donors (Lipinski definition) is 1. The van der Waals surface area contributed by atoms with Crippen molar-refractivity contribution in [3.63, 3.8) is 0 Å². The van der Waals surface area contributed by atoms with E-state index >= 15 is 0 Å². The van der Waals surface area contributed by atoms with E-state index < -0.39 is 5.25 Å². The number of thiazole rings is 1. The number of rotatable bonds is 7. The van der Waals surface area contributed by atoms with Crippen LogP contribution in [0.5, 0.6) is 5.75 Å². The fourth-order valence-electron chi connectivity index (χ4n) is 2.88. The molecule has 1 N–H and O–H groups in total. The largest absolute Gasteiger partial charge is 0.510 e. The highest BCUT2D eigenvalue weighted by molar-refractivity contribution is 7.99. The van der Waals surface area contributed by atoms with E-state index in [0.29, 0.717) is 22.5 Å². The molecule has 0 aliphatic rings. The number of ether oxygens (including phenoxy) is 1. The first-order valence-corrected chi connectivity index (χ1v) is 11.1. The molecule has 0 saturated heterocycles. The van der Waals surface area contributed by atoms with E-state index in [9.17, 15) is 10.4 Å². The predicted molar refractivity (Wildman–Crippen MR) is 120 cm³/mol. The zero-order valence-corrected chi connectivity index (χ0v) is 18.4. The minimum absolute atomic E-state index is 0.0681. The normalized spacial score (nSPS) is 12.9. The number of nitriles is 1. The average Bonchev–Trinajstić information content (AvgIpc) is 3.41. The number of allylic oxidation sites excluding steroid dienone is 1. The van der Waals surface area contributed by atoms with Gasteiger partial charge in [0.2, 0.25) is 5.89 Å². The Balaban J connectivity index is 1.48. The van der Waals surface area contributed by atoms with Crippen LogP contribution < -0.4 is 4.74 Å². The van der Waals surface area contributed by atoms with E-state index in [1.807, 2.05) is 48.5 Å². The molecule has 0 spiro atoms. The van der Waals surface area contributed by atoms with Crippen molar-refractivity contribution in [2.45, 2.75) is 23.8 Å². The van der Waals surface area contributed by atoms with Crippen molar-refractivity contribution in [2.75, 3.05) is 7.11 Å². The molecule has 2 aromatic heterocycles. The van der Waals surface area contributed by atoms with Gasteiger partial charge in [-0.25, -0.2) is 4.98 Å². The number of fused-ring (bicyclic) bond motifs is 1. The van der Waals surface area contributed by atoms with Gasteiger partial charge in [0.25, 0.3) is 5.22 Å². The molecule has 2 aromatic carbocycles. The molecule has 31 heavy (non-hydrogen) atoms. The number of aromatic nitrogens is 3. The molecule has 1 atom stereocenters. The molecule has 0 radical (unpaired) electrons. The van der Waals surface area contributed by atoms with Gasteiger partial charge in [0.15, 0.2) is 0 Å². The smallest absolute Gasteiger partial charge is 0.277 e. The summed E-state index contributed by atoms with van der Waals surface area (Å²) in [6, 6.07) is 17.3. The van der Waals surface area contributed by atoms with Crippen LogP contribution in [0.4, 0.5) is 0 Å². The van der Waals surface area contributed by atoms with Crippen molar-refractivity contribution >= 4 is 38.9 Å². The highest BCUT2D eigenvalue weighted by Gasteiger charge is 2.21. The van der Waals surface area contributed by atoms with E-state index in [1.54, 1.807) is 14.0 Å². The first kappa shape index (κ1) is 20.9. The third kappa shape index (κ3) is 4.71. The number of aliphatic hydroxyl groups excluding tert-OH is 1. The first-order chi connectivity index (χ1) is 15.1. The molecule has 0 amide bonds. The number of methoxy groups -OCH3 is 1. The molecule has 0 bridgehead atoms. The zero-order valence-electron chi connectivity index (χ0n) is 16.8. The second-order valence-corrected chi connectivity index (χ2v) is 8.93. The molecule has 7 nitrogen and oxygen atoms in total. The van der Waals surface area contributed by atoms with Gasteiger partial charge in [0.1, 0.15) is 28.2 Å². The Labute approximate surface area is 187 Å². The van der Waals surface area contributed by atoms with Crippen molar-refractivity contribution in [2.24, 2.45) is 0 Å². The molecular formula is C22H18N4O3S2. The predicted octanol–water partition coefficient (Wildman–Crippen LogP) is 5.25. The standard InChI is InChI=1S/C22H18N4O3S2/c1-13(20(27)16(12-23)21-24-17-5-3-4-6-18(17)31-21)30-22-26-25-19(29-22)11-14-7-9-15(28-2)10-8-14/h3-10,13,27H,11H2,1-2H3/b20-16-. The Kier molecular flexibility index (Phi) is 6.21. The van der Waals surface area contributed by atoms with Crippen LogP contribution in [-0.2, 0) is 6.42 Å². The van der Waals surface area contributed by atoms with Gasteiger partial charge in [0.05, 0.1) is 29.0 Å². The number of hydrogen-bond acceptors (Lipinski definition) is 9. The lowest BCUT2D eigenvalue weighted by Crippen LogP contribution is -2.04. The van der Waals surface area contributed by atoms with Crippen molar-refractivity contribution in [1.29, 1.82) is 5.26 Å². The Bertz CT molecular complexity index is 1240. The fourth-order valence-corrected chi connectivity index (χ4v) is 4.61. The zero-order chi connectivity index (χ0) is 21.8. The maximum Gasteiger partial charge on any atom is 0.277 e. The quantitative estimate of drug-likeness (QED) is 0.231. The van der Waals surface area contributed by atoms with Crippen molar-refractivity contribution in [3.8, 4) is 11.8 Å². The van der Waals surface area contributed by atoms with Crippen LogP contribution in [0, 0.1) is 11.3 Å². The van der Waals surface area contributed by atoms with Crippen molar-refractivity contribution < 1.29 is 14.3 Å². The van der Waals surface area contributed by atoms with Gasteiger partial charge < -0.3 is 14.3 Å². The second kappa shape index (κ2) is 9.20. The van der Waals surface area contributed by atoms with E-state index in [1.165, 1.54) is 23.1 Å². The van der Waals surface area contributed by atoms with Crippen LogP contribution in [0.2, 0.25) is 0 Å². The summed E-state index contributed by atoms with van der Waals surface area (Å²) in [6.07, 6.45) is 0.489. The monoisotopic (exact) mass is 450 g/mol. The van der Waals surface area contributed by atoms with Crippen molar-refractivity contribution in [1.82, 2.24) is 15.2 Å². The summed E-state index contributed by atoms with van der Waals surface area (Å²) in [6.45, 7) is 1.78. The molecule has 0 saturated carbocycles. The van der Waals surface area contributed by atoms with Crippen LogP contribution in [-0.4, -0.2) is 32.6 Å². The lowest BCUT2D eigenvalue weighted by atomic mass is 10.1. The van der Waals surface area contributed by atoms with Crippen LogP contribution in [0.1, 0.15) is 23.4 Å². The van der Waals surface area contributed by atoms with Gasteiger partial charge in [0, 0.05) is 0 Å². The second-order valence-electron chi connectivity index (χ2n) is 6.61. The highest BCUT2D eigenvalue weighted by Crippen LogP contribution is 2.33. The average molecular weight is 451 g/mol. The molecule has 9 heteroatoms. The molecule has 1 unspecified atom stereocenters. The maximum absolute atomic E-state index is 10.7. The summed E-state index contributed by atoms with van der Waals surface area (Å²) in [4.78, 5) is 4.47. The van der Waals surface area contributed by atoms with E-state index in [-0.39, 0.29) is 11.3 Å².